The van der Waals surface area contributed by atoms with E-state index in [4.69, 9.17) is 5.84 Å². The second-order valence-corrected chi connectivity index (χ2v) is 3.52. The molecule has 0 fully saturated rings. The fraction of sp³-hybridized carbons (Fsp3) is 0.300. The summed E-state index contributed by atoms with van der Waals surface area (Å²) in [5, 5.41) is 10.3. The number of hydrogen-bond donors (Lipinski definition) is 3. The number of hydrogen-bond acceptors (Lipinski definition) is 5. The molecule has 0 aliphatic heterocycles. The molecule has 0 bridgehead atoms. The van der Waals surface area contributed by atoms with Crippen LogP contribution in [-0.4, -0.2) is 27.6 Å². The Kier molecular flexibility index (Phi) is 2.92. The van der Waals surface area contributed by atoms with Crippen LogP contribution in [0.5, 0.6) is 0 Å². The van der Waals surface area contributed by atoms with Crippen LogP contribution in [0.1, 0.15) is 23.0 Å². The first kappa shape index (κ1) is 11.3. The Hall–Kier alpha value is -2.15. The van der Waals surface area contributed by atoms with Crippen LogP contribution < -0.4 is 16.6 Å². The fourth-order valence-electron chi connectivity index (χ4n) is 1.83. The highest BCUT2D eigenvalue weighted by atomic mass is 16.1. The quantitative estimate of drug-likeness (QED) is 0.510. The number of anilines is 1. The Morgan fingerprint density at radius 2 is 2.35 bits per heavy atom. The van der Waals surface area contributed by atoms with Gasteiger partial charge in [-0.1, -0.05) is 6.92 Å². The lowest BCUT2D eigenvalue weighted by Gasteiger charge is -2.12. The summed E-state index contributed by atoms with van der Waals surface area (Å²) in [5.41, 5.74) is 5.18. The summed E-state index contributed by atoms with van der Waals surface area (Å²) < 4.78 is 1.76. The first-order valence-corrected chi connectivity index (χ1v) is 5.27. The summed E-state index contributed by atoms with van der Waals surface area (Å²) in [6, 6.07) is 1.68. The maximum Gasteiger partial charge on any atom is 0.254 e. The minimum Gasteiger partial charge on any atom is -0.355 e. The van der Waals surface area contributed by atoms with Crippen molar-refractivity contribution >= 4 is 17.2 Å². The van der Waals surface area contributed by atoms with Gasteiger partial charge in [-0.3, -0.25) is 15.0 Å². The van der Waals surface area contributed by atoms with E-state index in [0.717, 1.165) is 12.1 Å². The SMILES string of the molecule is CCc1c(NN)cc(C(=O)NC)c2nncn12. The first-order valence-electron chi connectivity index (χ1n) is 5.27. The number of fused-ring (bicyclic) bond motifs is 1. The predicted octanol–water partition coefficient (Wildman–Crippen LogP) is -0.0631. The average molecular weight is 234 g/mol. The molecule has 2 rings (SSSR count). The largest absolute Gasteiger partial charge is 0.355 e. The molecule has 90 valence electrons. The first-order chi connectivity index (χ1) is 8.22. The highest BCUT2D eigenvalue weighted by molar-refractivity contribution is 6.00. The third-order valence-electron chi connectivity index (χ3n) is 2.64. The van der Waals surface area contributed by atoms with Gasteiger partial charge in [-0.25, -0.2) is 0 Å². The molecule has 17 heavy (non-hydrogen) atoms. The highest BCUT2D eigenvalue weighted by Gasteiger charge is 2.16. The number of pyridine rings is 1. The monoisotopic (exact) mass is 234 g/mol. The van der Waals surface area contributed by atoms with E-state index in [1.807, 2.05) is 6.92 Å². The highest BCUT2D eigenvalue weighted by Crippen LogP contribution is 2.21. The number of aryl methyl sites for hydroxylation is 1. The van der Waals surface area contributed by atoms with Crippen molar-refractivity contribution in [2.75, 3.05) is 12.5 Å². The van der Waals surface area contributed by atoms with Crippen LogP contribution in [0.3, 0.4) is 0 Å². The molecule has 0 spiro atoms. The van der Waals surface area contributed by atoms with E-state index in [-0.39, 0.29) is 5.91 Å². The second-order valence-electron chi connectivity index (χ2n) is 3.52. The van der Waals surface area contributed by atoms with E-state index in [0.29, 0.717) is 16.9 Å². The van der Waals surface area contributed by atoms with Crippen LogP contribution in [-0.2, 0) is 6.42 Å². The van der Waals surface area contributed by atoms with Gasteiger partial charge in [0, 0.05) is 12.7 Å². The number of rotatable bonds is 3. The molecule has 2 aromatic rings. The topological polar surface area (TPSA) is 97.3 Å². The lowest BCUT2D eigenvalue weighted by atomic mass is 10.1. The molecule has 0 aliphatic carbocycles. The number of hydrazine groups is 1. The molecule has 0 atom stereocenters. The zero-order valence-corrected chi connectivity index (χ0v) is 9.69. The number of aromatic nitrogens is 3. The van der Waals surface area contributed by atoms with Crippen LogP contribution >= 0.6 is 0 Å². The van der Waals surface area contributed by atoms with Crippen molar-refractivity contribution in [3.05, 3.63) is 23.7 Å². The smallest absolute Gasteiger partial charge is 0.254 e. The van der Waals surface area contributed by atoms with Crippen molar-refractivity contribution in [1.29, 1.82) is 0 Å². The van der Waals surface area contributed by atoms with Crippen molar-refractivity contribution in [3.63, 3.8) is 0 Å². The summed E-state index contributed by atoms with van der Waals surface area (Å²) in [5.74, 6) is 5.24. The molecule has 1 amide bonds. The van der Waals surface area contributed by atoms with Crippen molar-refractivity contribution in [2.45, 2.75) is 13.3 Å². The maximum atomic E-state index is 11.7. The van der Waals surface area contributed by atoms with Crippen molar-refractivity contribution in [2.24, 2.45) is 5.84 Å². The molecule has 0 saturated heterocycles. The van der Waals surface area contributed by atoms with Gasteiger partial charge in [0.05, 0.1) is 11.3 Å². The van der Waals surface area contributed by atoms with Crippen molar-refractivity contribution in [3.8, 4) is 0 Å². The third kappa shape index (κ3) is 1.70. The van der Waals surface area contributed by atoms with E-state index in [2.05, 4.69) is 20.9 Å². The molecule has 0 aliphatic rings. The van der Waals surface area contributed by atoms with Gasteiger partial charge >= 0.3 is 0 Å². The summed E-state index contributed by atoms with van der Waals surface area (Å²) >= 11 is 0. The van der Waals surface area contributed by atoms with Gasteiger partial charge in [-0.15, -0.1) is 10.2 Å². The van der Waals surface area contributed by atoms with Gasteiger partial charge < -0.3 is 10.7 Å². The maximum absolute atomic E-state index is 11.7. The summed E-state index contributed by atoms with van der Waals surface area (Å²) in [6.45, 7) is 2.00. The molecule has 2 aromatic heterocycles. The molecule has 0 saturated carbocycles. The van der Waals surface area contributed by atoms with Gasteiger partial charge in [0.15, 0.2) is 5.65 Å². The number of amides is 1. The second kappa shape index (κ2) is 4.38. The minimum atomic E-state index is -0.220. The van der Waals surface area contributed by atoms with Crippen LogP contribution in [0.25, 0.3) is 5.65 Å². The standard InChI is InChI=1S/C10H14N6O/c1-3-8-7(14-11)4-6(10(17)12-2)9-15-13-5-16(8)9/h4-5,14H,3,11H2,1-2H3,(H,12,17). The Balaban J connectivity index is 2.77. The molecule has 7 nitrogen and oxygen atoms in total. The number of carbonyl (C=O) groups excluding carboxylic acids is 1. The molecule has 4 N–H and O–H groups in total. The van der Waals surface area contributed by atoms with Crippen LogP contribution in [0.4, 0.5) is 5.69 Å². The Morgan fingerprint density at radius 3 is 2.94 bits per heavy atom. The third-order valence-corrected chi connectivity index (χ3v) is 2.64. The van der Waals surface area contributed by atoms with Crippen molar-refractivity contribution in [1.82, 2.24) is 19.9 Å². The van der Waals surface area contributed by atoms with Gasteiger partial charge in [0.2, 0.25) is 0 Å². The summed E-state index contributed by atoms with van der Waals surface area (Å²) in [4.78, 5) is 11.7. The lowest BCUT2D eigenvalue weighted by molar-refractivity contribution is 0.0964. The molecule has 2 heterocycles. The normalized spacial score (nSPS) is 10.5. The van der Waals surface area contributed by atoms with E-state index in [1.54, 1.807) is 23.8 Å². The van der Waals surface area contributed by atoms with E-state index < -0.39 is 0 Å². The Morgan fingerprint density at radius 1 is 1.59 bits per heavy atom. The molecule has 7 heteroatoms. The van der Waals surface area contributed by atoms with Gasteiger partial charge in [-0.05, 0) is 12.5 Å². The van der Waals surface area contributed by atoms with Gasteiger partial charge in [0.25, 0.3) is 5.91 Å². The molecule has 0 aromatic carbocycles. The van der Waals surface area contributed by atoms with Crippen molar-refractivity contribution < 1.29 is 4.79 Å². The zero-order chi connectivity index (χ0) is 12.4. The number of nitrogens with zero attached hydrogens (tertiary/aromatic N) is 3. The minimum absolute atomic E-state index is 0.220. The van der Waals surface area contributed by atoms with E-state index in [9.17, 15) is 4.79 Å². The number of nitrogens with two attached hydrogens (primary N) is 1. The predicted molar refractivity (Wildman–Crippen MR) is 63.6 cm³/mol. The molecular formula is C10H14N6O. The fourth-order valence-corrected chi connectivity index (χ4v) is 1.83. The average Bonchev–Trinajstić information content (AvgIpc) is 2.84. The van der Waals surface area contributed by atoms with Crippen LogP contribution in [0.15, 0.2) is 12.4 Å². The molecule has 0 unspecified atom stereocenters. The van der Waals surface area contributed by atoms with E-state index in [1.165, 1.54) is 0 Å². The Bertz CT molecular complexity index is 561. The summed E-state index contributed by atoms with van der Waals surface area (Å²) in [6.07, 6.45) is 2.32. The van der Waals surface area contributed by atoms with Gasteiger partial charge in [0.1, 0.15) is 6.33 Å². The molecular weight excluding hydrogens is 220 g/mol. The van der Waals surface area contributed by atoms with E-state index >= 15 is 0 Å². The Labute approximate surface area is 98.0 Å². The molecule has 0 radical (unpaired) electrons. The lowest BCUT2D eigenvalue weighted by Crippen LogP contribution is -2.21. The number of carbonyl (C=O) groups is 1. The zero-order valence-electron chi connectivity index (χ0n) is 9.69. The van der Waals surface area contributed by atoms with Gasteiger partial charge in [-0.2, -0.15) is 0 Å². The van der Waals surface area contributed by atoms with Crippen LogP contribution in [0.2, 0.25) is 0 Å². The number of nitrogen functional groups attached to an aromatic ring is 1. The van der Waals surface area contributed by atoms with Crippen LogP contribution in [0, 0.1) is 0 Å². The summed E-state index contributed by atoms with van der Waals surface area (Å²) in [7, 11) is 1.57. The number of nitrogens with one attached hydrogen (secondary N) is 2.